The molecule has 0 spiro atoms. The zero-order chi connectivity index (χ0) is 15.7. The first-order valence-corrected chi connectivity index (χ1v) is 7.53. The fourth-order valence-electron chi connectivity index (χ4n) is 3.55. The smallest absolute Gasteiger partial charge is 0.325 e. The maximum absolute atomic E-state index is 12.1. The van der Waals surface area contributed by atoms with E-state index in [-0.39, 0.29) is 24.5 Å². The molecule has 0 unspecified atom stereocenters. The number of hydrogen-bond acceptors (Lipinski definition) is 4. The van der Waals surface area contributed by atoms with Crippen LogP contribution in [0.3, 0.4) is 0 Å². The van der Waals surface area contributed by atoms with E-state index in [9.17, 15) is 9.90 Å². The first kappa shape index (κ1) is 15.0. The van der Waals surface area contributed by atoms with E-state index in [1.165, 1.54) is 7.11 Å². The van der Waals surface area contributed by atoms with Gasteiger partial charge in [0.05, 0.1) is 7.11 Å². The molecular weight excluding hydrogens is 278 g/mol. The fourth-order valence-corrected chi connectivity index (χ4v) is 3.55. The molecule has 2 N–H and O–H groups in total. The van der Waals surface area contributed by atoms with Gasteiger partial charge < -0.3 is 9.84 Å². The van der Waals surface area contributed by atoms with Gasteiger partial charge in [-0.3, -0.25) is 10.1 Å². The number of nitrogens with one attached hydrogen (secondary N) is 1. The Morgan fingerprint density at radius 1 is 1.32 bits per heavy atom. The SMILES string of the molecule is COC(=O)[C@]1(C)C[C@H](CO)[C@H](c2cccc3ccccc23)N1. The quantitative estimate of drug-likeness (QED) is 0.855. The van der Waals surface area contributed by atoms with Crippen LogP contribution in [0.15, 0.2) is 42.5 Å². The van der Waals surface area contributed by atoms with Crippen molar-refractivity contribution in [1.29, 1.82) is 0 Å². The van der Waals surface area contributed by atoms with Crippen molar-refractivity contribution in [2.75, 3.05) is 13.7 Å². The van der Waals surface area contributed by atoms with Crippen LogP contribution in [0, 0.1) is 5.92 Å². The molecule has 2 aromatic rings. The van der Waals surface area contributed by atoms with Crippen LogP contribution in [-0.2, 0) is 9.53 Å². The Morgan fingerprint density at radius 2 is 2.05 bits per heavy atom. The van der Waals surface area contributed by atoms with Crippen LogP contribution in [0.2, 0.25) is 0 Å². The van der Waals surface area contributed by atoms with Crippen molar-refractivity contribution in [2.45, 2.75) is 24.9 Å². The van der Waals surface area contributed by atoms with Crippen molar-refractivity contribution in [2.24, 2.45) is 5.92 Å². The van der Waals surface area contributed by atoms with E-state index in [2.05, 4.69) is 29.6 Å². The molecule has 22 heavy (non-hydrogen) atoms. The molecule has 0 aliphatic carbocycles. The van der Waals surface area contributed by atoms with Crippen LogP contribution >= 0.6 is 0 Å². The third kappa shape index (κ3) is 2.38. The number of hydrogen-bond donors (Lipinski definition) is 2. The molecule has 0 aromatic heterocycles. The second-order valence-electron chi connectivity index (χ2n) is 6.16. The zero-order valence-electron chi connectivity index (χ0n) is 12.9. The Balaban J connectivity index is 2.04. The lowest BCUT2D eigenvalue weighted by Crippen LogP contribution is -2.46. The number of carbonyl (C=O) groups excluding carboxylic acids is 1. The number of benzene rings is 2. The van der Waals surface area contributed by atoms with Gasteiger partial charge in [0.2, 0.25) is 0 Å². The van der Waals surface area contributed by atoms with Gasteiger partial charge >= 0.3 is 5.97 Å². The van der Waals surface area contributed by atoms with Crippen LogP contribution < -0.4 is 5.32 Å². The van der Waals surface area contributed by atoms with Crippen molar-refractivity contribution < 1.29 is 14.6 Å². The van der Waals surface area contributed by atoms with Gasteiger partial charge in [-0.05, 0) is 29.7 Å². The monoisotopic (exact) mass is 299 g/mol. The van der Waals surface area contributed by atoms with E-state index in [0.717, 1.165) is 16.3 Å². The second kappa shape index (κ2) is 5.71. The van der Waals surface area contributed by atoms with Crippen molar-refractivity contribution >= 4 is 16.7 Å². The molecule has 1 saturated heterocycles. The minimum absolute atomic E-state index is 0.0186. The van der Waals surface area contributed by atoms with Gasteiger partial charge in [-0.25, -0.2) is 0 Å². The first-order valence-electron chi connectivity index (χ1n) is 7.53. The van der Waals surface area contributed by atoms with Crippen LogP contribution in [0.25, 0.3) is 10.8 Å². The Labute approximate surface area is 130 Å². The zero-order valence-corrected chi connectivity index (χ0v) is 12.9. The van der Waals surface area contributed by atoms with Gasteiger partial charge in [-0.1, -0.05) is 42.5 Å². The molecule has 3 rings (SSSR count). The van der Waals surface area contributed by atoms with E-state index in [4.69, 9.17) is 4.74 Å². The summed E-state index contributed by atoms with van der Waals surface area (Å²) in [7, 11) is 1.40. The van der Waals surface area contributed by atoms with Crippen LogP contribution in [-0.4, -0.2) is 30.3 Å². The fraction of sp³-hybridized carbons (Fsp3) is 0.389. The van der Waals surface area contributed by atoms with E-state index in [0.29, 0.717) is 6.42 Å². The normalized spacial score (nSPS) is 28.0. The molecule has 1 aliphatic heterocycles. The molecule has 3 atom stereocenters. The Bertz CT molecular complexity index is 694. The van der Waals surface area contributed by atoms with E-state index < -0.39 is 5.54 Å². The lowest BCUT2D eigenvalue weighted by molar-refractivity contribution is -0.147. The van der Waals surface area contributed by atoms with E-state index in [1.54, 1.807) is 0 Å². The molecule has 0 amide bonds. The molecule has 4 heteroatoms. The number of aliphatic hydroxyl groups excluding tert-OH is 1. The summed E-state index contributed by atoms with van der Waals surface area (Å²) in [5, 5.41) is 15.5. The highest BCUT2D eigenvalue weighted by atomic mass is 16.5. The summed E-state index contributed by atoms with van der Waals surface area (Å²) in [5.74, 6) is -0.302. The van der Waals surface area contributed by atoms with Gasteiger partial charge in [0.1, 0.15) is 5.54 Å². The van der Waals surface area contributed by atoms with Crippen LogP contribution in [0.4, 0.5) is 0 Å². The molecule has 0 radical (unpaired) electrons. The largest absolute Gasteiger partial charge is 0.468 e. The van der Waals surface area contributed by atoms with Crippen LogP contribution in [0.1, 0.15) is 24.9 Å². The van der Waals surface area contributed by atoms with E-state index in [1.807, 2.05) is 25.1 Å². The van der Waals surface area contributed by atoms with Crippen LogP contribution in [0.5, 0.6) is 0 Å². The highest BCUT2D eigenvalue weighted by Gasteiger charge is 2.47. The minimum atomic E-state index is -0.760. The van der Waals surface area contributed by atoms with Crippen molar-refractivity contribution in [1.82, 2.24) is 5.32 Å². The first-order chi connectivity index (χ1) is 10.6. The average molecular weight is 299 g/mol. The standard InChI is InChI=1S/C18H21NO3/c1-18(17(21)22-2)10-13(11-20)16(19-18)15-9-5-7-12-6-3-4-8-14(12)15/h3-9,13,16,19-20H,10-11H2,1-2H3/t13-,16-,18+/m1/s1. The van der Waals surface area contributed by atoms with E-state index >= 15 is 0 Å². The number of rotatable bonds is 3. The van der Waals surface area contributed by atoms with Crippen molar-refractivity contribution in [3.63, 3.8) is 0 Å². The molecule has 1 fully saturated rings. The summed E-state index contributed by atoms with van der Waals surface area (Å²) in [6.07, 6.45) is 0.560. The summed E-state index contributed by atoms with van der Waals surface area (Å²) >= 11 is 0. The second-order valence-corrected chi connectivity index (χ2v) is 6.16. The predicted molar refractivity (Wildman–Crippen MR) is 85.4 cm³/mol. The topological polar surface area (TPSA) is 58.6 Å². The number of carbonyl (C=O) groups is 1. The molecule has 1 aliphatic rings. The molecule has 1 heterocycles. The Morgan fingerprint density at radius 3 is 2.77 bits per heavy atom. The molecular formula is C18H21NO3. The summed E-state index contributed by atoms with van der Waals surface area (Å²) in [6.45, 7) is 1.88. The molecule has 4 nitrogen and oxygen atoms in total. The van der Waals surface area contributed by atoms with Gasteiger partial charge in [0, 0.05) is 18.6 Å². The van der Waals surface area contributed by atoms with Crippen molar-refractivity contribution in [3.8, 4) is 0 Å². The van der Waals surface area contributed by atoms with Gasteiger partial charge in [-0.15, -0.1) is 0 Å². The molecule has 0 bridgehead atoms. The third-order valence-corrected chi connectivity index (χ3v) is 4.64. The number of aliphatic hydroxyl groups is 1. The lowest BCUT2D eigenvalue weighted by atomic mass is 9.89. The highest BCUT2D eigenvalue weighted by molar-refractivity contribution is 5.87. The highest BCUT2D eigenvalue weighted by Crippen LogP contribution is 2.40. The minimum Gasteiger partial charge on any atom is -0.468 e. The van der Waals surface area contributed by atoms with Gasteiger partial charge in [0.25, 0.3) is 0 Å². The maximum Gasteiger partial charge on any atom is 0.325 e. The number of ether oxygens (including phenoxy) is 1. The summed E-state index contributed by atoms with van der Waals surface area (Å²) in [6, 6.07) is 14.2. The van der Waals surface area contributed by atoms with Crippen molar-refractivity contribution in [3.05, 3.63) is 48.0 Å². The summed E-state index contributed by atoms with van der Waals surface area (Å²) in [4.78, 5) is 12.1. The average Bonchev–Trinajstić information content (AvgIpc) is 2.91. The predicted octanol–water partition coefficient (Wildman–Crippen LogP) is 2.41. The summed E-state index contributed by atoms with van der Waals surface area (Å²) in [5.41, 5.74) is 0.355. The summed E-state index contributed by atoms with van der Waals surface area (Å²) < 4.78 is 4.92. The lowest BCUT2D eigenvalue weighted by Gasteiger charge is -2.23. The third-order valence-electron chi connectivity index (χ3n) is 4.64. The van der Waals surface area contributed by atoms with Gasteiger partial charge in [0.15, 0.2) is 0 Å². The Hall–Kier alpha value is -1.91. The number of esters is 1. The molecule has 2 aromatic carbocycles. The molecule has 116 valence electrons. The van der Waals surface area contributed by atoms with Gasteiger partial charge in [-0.2, -0.15) is 0 Å². The number of fused-ring (bicyclic) bond motifs is 1. The molecule has 0 saturated carbocycles. The number of methoxy groups -OCH3 is 1. The Kier molecular flexibility index (Phi) is 3.89. The maximum atomic E-state index is 12.1.